The van der Waals surface area contributed by atoms with Gasteiger partial charge in [-0.2, -0.15) is 0 Å². The summed E-state index contributed by atoms with van der Waals surface area (Å²) >= 11 is 1.41. The van der Waals surface area contributed by atoms with Crippen molar-refractivity contribution in [2.24, 2.45) is 5.92 Å². The summed E-state index contributed by atoms with van der Waals surface area (Å²) in [5.41, 5.74) is 2.56. The van der Waals surface area contributed by atoms with Gasteiger partial charge in [0.15, 0.2) is 16.7 Å². The van der Waals surface area contributed by atoms with Crippen LogP contribution in [0.4, 0.5) is 5.95 Å². The Kier molecular flexibility index (Phi) is 7.02. The first-order chi connectivity index (χ1) is 14.2. The predicted octanol–water partition coefficient (Wildman–Crippen LogP) is 3.28. The smallest absolute Gasteiger partial charge is 0.228 e. The molecule has 1 saturated heterocycles. The van der Waals surface area contributed by atoms with Crippen LogP contribution in [0.15, 0.2) is 5.16 Å². The second-order valence-electron chi connectivity index (χ2n) is 8.19. The van der Waals surface area contributed by atoms with Crippen LogP contribution in [0.2, 0.25) is 0 Å². The molecule has 2 aromatic rings. The Morgan fingerprint density at radius 3 is 2.40 bits per heavy atom. The number of nitrogens with one attached hydrogen (secondary N) is 1. The number of aryl methyl sites for hydroxylation is 1. The van der Waals surface area contributed by atoms with Gasteiger partial charge in [0.05, 0.1) is 24.2 Å². The minimum atomic E-state index is -0.366. The number of carbonyl (C=O) groups is 2. The van der Waals surface area contributed by atoms with Crippen LogP contribution in [0, 0.1) is 19.8 Å². The van der Waals surface area contributed by atoms with Crippen LogP contribution < -0.4 is 4.90 Å². The Balaban J connectivity index is 1.84. The monoisotopic (exact) mass is 433 g/mol. The van der Waals surface area contributed by atoms with E-state index in [0.29, 0.717) is 30.4 Å². The van der Waals surface area contributed by atoms with Crippen LogP contribution in [-0.4, -0.2) is 62.9 Å². The van der Waals surface area contributed by atoms with E-state index in [2.05, 4.69) is 38.5 Å². The summed E-state index contributed by atoms with van der Waals surface area (Å²) in [7, 11) is 0. The van der Waals surface area contributed by atoms with Gasteiger partial charge in [0.1, 0.15) is 0 Å². The molecule has 164 valence electrons. The maximum atomic E-state index is 13.2. The van der Waals surface area contributed by atoms with E-state index in [9.17, 15) is 9.59 Å². The highest BCUT2D eigenvalue weighted by Crippen LogP contribution is 2.30. The number of morpholine rings is 1. The molecule has 1 aliphatic rings. The predicted molar refractivity (Wildman–Crippen MR) is 118 cm³/mol. The van der Waals surface area contributed by atoms with E-state index in [1.807, 2.05) is 20.8 Å². The summed E-state index contributed by atoms with van der Waals surface area (Å²) in [6, 6.07) is 0. The Morgan fingerprint density at radius 1 is 1.17 bits per heavy atom. The molecule has 1 N–H and O–H groups in total. The molecule has 1 unspecified atom stereocenters. The number of ketones is 2. The van der Waals surface area contributed by atoms with Crippen molar-refractivity contribution in [1.29, 1.82) is 0 Å². The van der Waals surface area contributed by atoms with Crippen LogP contribution >= 0.6 is 11.8 Å². The lowest BCUT2D eigenvalue weighted by Gasteiger charge is -2.28. The maximum Gasteiger partial charge on any atom is 0.228 e. The van der Waals surface area contributed by atoms with Crippen LogP contribution in [0.3, 0.4) is 0 Å². The molecular formula is C21H31N5O3S. The number of carbonyl (C=O) groups excluding carboxylic acids is 2. The third kappa shape index (κ3) is 4.62. The van der Waals surface area contributed by atoms with Gasteiger partial charge in [0, 0.05) is 30.9 Å². The van der Waals surface area contributed by atoms with Gasteiger partial charge in [-0.1, -0.05) is 25.6 Å². The molecule has 0 spiro atoms. The average Bonchev–Trinajstić information content (AvgIpc) is 3.21. The van der Waals surface area contributed by atoms with E-state index in [1.165, 1.54) is 18.7 Å². The molecule has 0 aliphatic carbocycles. The van der Waals surface area contributed by atoms with Crippen molar-refractivity contribution in [3.63, 3.8) is 0 Å². The molecule has 0 bridgehead atoms. The van der Waals surface area contributed by atoms with Crippen molar-refractivity contribution in [1.82, 2.24) is 19.7 Å². The lowest BCUT2D eigenvalue weighted by Crippen LogP contribution is -2.38. The minimum Gasteiger partial charge on any atom is -0.378 e. The number of aromatic amines is 1. The highest BCUT2D eigenvalue weighted by molar-refractivity contribution is 8.00. The first-order valence-corrected chi connectivity index (χ1v) is 11.3. The number of thioether (sulfide) groups is 1. The van der Waals surface area contributed by atoms with Crippen molar-refractivity contribution in [3.05, 3.63) is 22.5 Å². The van der Waals surface area contributed by atoms with Crippen LogP contribution in [0.25, 0.3) is 0 Å². The first-order valence-electron chi connectivity index (χ1n) is 10.4. The zero-order valence-electron chi connectivity index (χ0n) is 18.6. The van der Waals surface area contributed by atoms with Gasteiger partial charge in [-0.15, -0.1) is 10.2 Å². The number of anilines is 1. The number of H-pyrrole nitrogens is 1. The Hall–Kier alpha value is -2.13. The van der Waals surface area contributed by atoms with E-state index < -0.39 is 0 Å². The maximum absolute atomic E-state index is 13.2. The summed E-state index contributed by atoms with van der Waals surface area (Å²) in [5.74, 6) is 1.17. The number of Topliss-reactive ketones (excluding diaryl/α,β-unsaturated/α-hetero) is 2. The molecule has 8 nitrogen and oxygen atoms in total. The Morgan fingerprint density at radius 2 is 1.83 bits per heavy atom. The number of nitrogens with zero attached hydrogens (tertiary/aromatic N) is 4. The van der Waals surface area contributed by atoms with Crippen molar-refractivity contribution >= 4 is 29.3 Å². The number of hydrogen-bond acceptors (Lipinski definition) is 7. The van der Waals surface area contributed by atoms with Gasteiger partial charge in [-0.25, -0.2) is 0 Å². The van der Waals surface area contributed by atoms with Gasteiger partial charge >= 0.3 is 0 Å². The van der Waals surface area contributed by atoms with E-state index in [0.717, 1.165) is 42.0 Å². The second-order valence-corrected chi connectivity index (χ2v) is 9.50. The van der Waals surface area contributed by atoms with E-state index in [-0.39, 0.29) is 16.8 Å². The highest BCUT2D eigenvalue weighted by Gasteiger charge is 2.27. The molecule has 0 radical (unpaired) electrons. The van der Waals surface area contributed by atoms with Gasteiger partial charge in [-0.05, 0) is 39.2 Å². The normalized spacial score (nSPS) is 15.6. The topological polar surface area (TPSA) is 93.1 Å². The van der Waals surface area contributed by atoms with Crippen molar-refractivity contribution in [2.75, 3.05) is 31.2 Å². The van der Waals surface area contributed by atoms with Crippen LogP contribution in [-0.2, 0) is 11.3 Å². The molecule has 1 atom stereocenters. The lowest BCUT2D eigenvalue weighted by molar-refractivity contribution is 0.0988. The van der Waals surface area contributed by atoms with Crippen LogP contribution in [0.1, 0.15) is 59.8 Å². The van der Waals surface area contributed by atoms with Crippen molar-refractivity contribution in [3.8, 4) is 0 Å². The van der Waals surface area contributed by atoms with E-state index in [1.54, 1.807) is 0 Å². The zero-order valence-corrected chi connectivity index (χ0v) is 19.4. The van der Waals surface area contributed by atoms with Gasteiger partial charge in [0.2, 0.25) is 5.95 Å². The SMILES string of the molecule is CC(=O)c1c(C)[nH]c(C(=O)C(C)Sc2nnc(N3CCOCC3)n2CC(C)C)c1C. The zero-order chi connectivity index (χ0) is 22.0. The largest absolute Gasteiger partial charge is 0.378 e. The minimum absolute atomic E-state index is 0.0348. The number of hydrogen-bond donors (Lipinski definition) is 1. The number of rotatable bonds is 8. The van der Waals surface area contributed by atoms with E-state index in [4.69, 9.17) is 4.74 Å². The summed E-state index contributed by atoms with van der Waals surface area (Å²) in [6.45, 7) is 15.0. The van der Waals surface area contributed by atoms with Gasteiger partial charge in [-0.3, -0.25) is 14.2 Å². The Bertz CT molecular complexity index is 927. The molecule has 9 heteroatoms. The van der Waals surface area contributed by atoms with Crippen molar-refractivity contribution < 1.29 is 14.3 Å². The lowest BCUT2D eigenvalue weighted by atomic mass is 10.0. The van der Waals surface area contributed by atoms with Crippen LogP contribution in [0.5, 0.6) is 0 Å². The molecule has 2 aromatic heterocycles. The molecule has 3 heterocycles. The quantitative estimate of drug-likeness (QED) is 0.504. The molecule has 0 amide bonds. The second kappa shape index (κ2) is 9.34. The fraction of sp³-hybridized carbons (Fsp3) is 0.619. The third-order valence-corrected chi connectivity index (χ3v) is 6.31. The van der Waals surface area contributed by atoms with Gasteiger partial charge in [0.25, 0.3) is 0 Å². The first kappa shape index (κ1) is 22.6. The summed E-state index contributed by atoms with van der Waals surface area (Å²) < 4.78 is 7.57. The standard InChI is InChI=1S/C21H31N5O3S/c1-12(2)11-26-20(25-7-9-29-10-8-25)23-24-21(26)30-16(6)19(28)18-13(3)17(15(5)27)14(4)22-18/h12,16,22H,7-11H2,1-6H3. The molecular weight excluding hydrogens is 402 g/mol. The average molecular weight is 434 g/mol. The van der Waals surface area contributed by atoms with E-state index >= 15 is 0 Å². The summed E-state index contributed by atoms with van der Waals surface area (Å²) in [5, 5.41) is 9.21. The molecule has 30 heavy (non-hydrogen) atoms. The molecule has 1 fully saturated rings. The number of ether oxygens (including phenoxy) is 1. The summed E-state index contributed by atoms with van der Waals surface area (Å²) in [4.78, 5) is 30.4. The third-order valence-electron chi connectivity index (χ3n) is 5.23. The van der Waals surface area contributed by atoms with Gasteiger partial charge < -0.3 is 14.6 Å². The fourth-order valence-electron chi connectivity index (χ4n) is 3.83. The Labute approximate surface area is 181 Å². The van der Waals surface area contributed by atoms with Crippen molar-refractivity contribution in [2.45, 2.75) is 58.5 Å². The molecule has 0 aromatic carbocycles. The summed E-state index contributed by atoms with van der Waals surface area (Å²) in [6.07, 6.45) is 0. The highest BCUT2D eigenvalue weighted by atomic mass is 32.2. The molecule has 0 saturated carbocycles. The molecule has 3 rings (SSSR count). The fourth-order valence-corrected chi connectivity index (χ4v) is 4.74. The number of aromatic nitrogens is 4. The molecule has 1 aliphatic heterocycles.